The van der Waals surface area contributed by atoms with Crippen molar-refractivity contribution in [2.75, 3.05) is 0 Å². The van der Waals surface area contributed by atoms with Crippen molar-refractivity contribution in [3.8, 4) is 23.0 Å². The fourth-order valence-corrected chi connectivity index (χ4v) is 2.08. The number of hydrogen-bond acceptors (Lipinski definition) is 10. The Morgan fingerprint density at radius 3 is 1.28 bits per heavy atom. The molecule has 13 heteroatoms. The Kier molecular flexibility index (Phi) is 9.61. The molecule has 10 nitrogen and oxygen atoms in total. The van der Waals surface area contributed by atoms with Gasteiger partial charge >= 0.3 is 26.2 Å². The summed E-state index contributed by atoms with van der Waals surface area (Å²) < 4.78 is 28.1. The molecule has 0 unspecified atom stereocenters. The minimum atomic E-state index is -5.02. The van der Waals surface area contributed by atoms with Gasteiger partial charge in [-0.25, -0.2) is 0 Å². The number of phenols is 2. The van der Waals surface area contributed by atoms with Crippen molar-refractivity contribution in [1.82, 2.24) is 0 Å². The van der Waals surface area contributed by atoms with Crippen LogP contribution in [0.2, 0.25) is 0 Å². The number of phenolic OH excluding ortho intramolecular Hbond substituents is 2. The molecular weight excluding hydrogens is 457 g/mol. The fraction of sp³-hybridized carbons (Fsp3) is 0. The molecule has 0 fully saturated rings. The molecule has 25 heavy (non-hydrogen) atoms. The van der Waals surface area contributed by atoms with Gasteiger partial charge in [0.05, 0.1) is 0 Å². The average Bonchev–Trinajstić information content (AvgIpc) is 2.35. The normalized spacial score (nSPS) is 10.7. The van der Waals surface area contributed by atoms with Crippen LogP contribution in [0.25, 0.3) is 0 Å². The molecular formula is C12H10O10P2Zr. The van der Waals surface area contributed by atoms with Gasteiger partial charge in [-0.05, 0) is 24.3 Å². The average molecular weight is 467 g/mol. The van der Waals surface area contributed by atoms with Gasteiger partial charge in [-0.1, -0.05) is 12.1 Å². The van der Waals surface area contributed by atoms with Gasteiger partial charge in [-0.2, -0.15) is 0 Å². The summed E-state index contributed by atoms with van der Waals surface area (Å²) in [7, 11) is -10.0. The maximum atomic E-state index is 10.1. The minimum Gasteiger partial charge on any atom is -0.780 e. The number of phosphoric ester groups is 2. The van der Waals surface area contributed by atoms with E-state index in [1.54, 1.807) is 0 Å². The van der Waals surface area contributed by atoms with E-state index in [0.717, 1.165) is 12.1 Å². The number of rotatable bonds is 4. The zero-order valence-electron chi connectivity index (χ0n) is 12.2. The monoisotopic (exact) mass is 466 g/mol. The first-order valence-electron chi connectivity index (χ1n) is 5.96. The van der Waals surface area contributed by atoms with Gasteiger partial charge in [0.1, 0.15) is 38.6 Å². The Balaban J connectivity index is 0.000000443. The fourth-order valence-electron chi connectivity index (χ4n) is 1.34. The molecule has 2 aromatic rings. The second kappa shape index (κ2) is 10.1. The largest absolute Gasteiger partial charge is 4.00 e. The summed E-state index contributed by atoms with van der Waals surface area (Å²) in [6, 6.07) is 9.94. The van der Waals surface area contributed by atoms with Crippen LogP contribution in [0.15, 0.2) is 48.5 Å². The summed E-state index contributed by atoms with van der Waals surface area (Å²) >= 11 is 0. The van der Waals surface area contributed by atoms with Gasteiger partial charge in [0.15, 0.2) is 0 Å². The maximum Gasteiger partial charge on any atom is 4.00 e. The third-order valence-corrected chi connectivity index (χ3v) is 2.94. The van der Waals surface area contributed by atoms with Crippen molar-refractivity contribution in [2.45, 2.75) is 0 Å². The van der Waals surface area contributed by atoms with E-state index < -0.39 is 15.6 Å². The third kappa shape index (κ3) is 11.9. The van der Waals surface area contributed by atoms with Gasteiger partial charge in [-0.3, -0.25) is 0 Å². The van der Waals surface area contributed by atoms with Crippen LogP contribution in [0.5, 0.6) is 23.0 Å². The van der Waals surface area contributed by atoms with Crippen LogP contribution in [-0.4, -0.2) is 10.2 Å². The first-order valence-corrected chi connectivity index (χ1v) is 8.88. The minimum absolute atomic E-state index is 0. The smallest absolute Gasteiger partial charge is 0.780 e. The molecule has 2 aromatic carbocycles. The van der Waals surface area contributed by atoms with Crippen LogP contribution in [0.4, 0.5) is 0 Å². The summed E-state index contributed by atoms with van der Waals surface area (Å²) in [6.45, 7) is 0. The van der Waals surface area contributed by atoms with Crippen molar-refractivity contribution in [2.24, 2.45) is 0 Å². The molecule has 0 aliphatic heterocycles. The topological polar surface area (TPSA) is 185 Å². The Morgan fingerprint density at radius 2 is 1.04 bits per heavy atom. The molecule has 0 saturated heterocycles. The zero-order chi connectivity index (χ0) is 18.4. The Bertz CT molecular complexity index is 706. The van der Waals surface area contributed by atoms with Gasteiger partial charge in [-0.15, -0.1) is 0 Å². The second-order valence-electron chi connectivity index (χ2n) is 4.07. The van der Waals surface area contributed by atoms with Crippen LogP contribution in [-0.2, 0) is 35.3 Å². The molecule has 132 valence electrons. The van der Waals surface area contributed by atoms with Crippen molar-refractivity contribution < 1.29 is 74.2 Å². The predicted octanol–water partition coefficient (Wildman–Crippen LogP) is -0.803. The molecule has 0 spiro atoms. The van der Waals surface area contributed by atoms with E-state index in [9.17, 15) is 28.7 Å². The van der Waals surface area contributed by atoms with Crippen LogP contribution in [0, 0.1) is 0 Å². The number of phosphoric acid groups is 2. The number of benzene rings is 2. The summed E-state index contributed by atoms with van der Waals surface area (Å²) in [5, 5.41) is 17.7. The predicted molar refractivity (Wildman–Crippen MR) is 72.7 cm³/mol. The SMILES string of the molecule is O=P([O-])([O-])Oc1cccc(O)c1.O=P([O-])([O-])Oc1cccc(O)c1.[Zr+4]. The van der Waals surface area contributed by atoms with Crippen LogP contribution >= 0.6 is 15.6 Å². The molecule has 2 rings (SSSR count). The van der Waals surface area contributed by atoms with Crippen molar-refractivity contribution in [3.63, 3.8) is 0 Å². The summed E-state index contributed by atoms with van der Waals surface area (Å²) in [4.78, 5) is 40.3. The molecule has 0 aliphatic rings. The Hall–Kier alpha value is -1.18. The molecule has 0 amide bonds. The van der Waals surface area contributed by atoms with E-state index in [1.807, 2.05) is 0 Å². The molecule has 0 aliphatic carbocycles. The Labute approximate surface area is 161 Å². The van der Waals surface area contributed by atoms with Crippen LogP contribution in [0.1, 0.15) is 0 Å². The van der Waals surface area contributed by atoms with Gasteiger partial charge < -0.3 is 48.0 Å². The zero-order valence-corrected chi connectivity index (χ0v) is 16.4. The maximum absolute atomic E-state index is 10.1. The van der Waals surface area contributed by atoms with E-state index >= 15 is 0 Å². The molecule has 2 N–H and O–H groups in total. The van der Waals surface area contributed by atoms with Gasteiger partial charge in [0, 0.05) is 12.1 Å². The quantitative estimate of drug-likeness (QED) is 0.539. The molecule has 0 aromatic heterocycles. The van der Waals surface area contributed by atoms with Crippen LogP contribution < -0.4 is 28.6 Å². The molecule has 0 heterocycles. The Morgan fingerprint density at radius 1 is 0.720 bits per heavy atom. The summed E-state index contributed by atoms with van der Waals surface area (Å²) in [5.41, 5.74) is 0. The number of aromatic hydroxyl groups is 2. The summed E-state index contributed by atoms with van der Waals surface area (Å²) in [5.74, 6) is -0.714. The van der Waals surface area contributed by atoms with Crippen LogP contribution in [0.3, 0.4) is 0 Å². The third-order valence-electron chi connectivity index (χ3n) is 2.07. The molecule has 0 saturated carbocycles. The van der Waals surface area contributed by atoms with E-state index in [0.29, 0.717) is 0 Å². The standard InChI is InChI=1S/2C6H7O5P.Zr/c2*7-5-2-1-3-6(4-5)11-12(8,9)10;/h2*1-4,7H,(H2,8,9,10);/q;;+4/p-4. The van der Waals surface area contributed by atoms with E-state index in [1.165, 1.54) is 36.4 Å². The van der Waals surface area contributed by atoms with Gasteiger partial charge in [0.2, 0.25) is 0 Å². The second-order valence-corrected chi connectivity index (χ2v) is 6.23. The first kappa shape index (κ1) is 23.8. The molecule has 0 atom stereocenters. The first-order chi connectivity index (χ1) is 10.9. The molecule has 0 radical (unpaired) electrons. The van der Waals surface area contributed by atoms with E-state index in [-0.39, 0.29) is 49.2 Å². The van der Waals surface area contributed by atoms with Crippen molar-refractivity contribution in [1.29, 1.82) is 0 Å². The summed E-state index contributed by atoms with van der Waals surface area (Å²) in [6.07, 6.45) is 0. The van der Waals surface area contributed by atoms with E-state index in [4.69, 9.17) is 10.2 Å². The van der Waals surface area contributed by atoms with E-state index in [2.05, 4.69) is 9.05 Å². The van der Waals surface area contributed by atoms with Gasteiger partial charge in [0.25, 0.3) is 0 Å². The number of hydrogen-bond donors (Lipinski definition) is 2. The van der Waals surface area contributed by atoms with Crippen molar-refractivity contribution in [3.05, 3.63) is 48.5 Å². The van der Waals surface area contributed by atoms with Crippen molar-refractivity contribution >= 4 is 15.6 Å². The molecule has 0 bridgehead atoms.